The van der Waals surface area contributed by atoms with Crippen molar-refractivity contribution >= 4 is 28.6 Å². The van der Waals surface area contributed by atoms with Gasteiger partial charge in [-0.15, -0.1) is 11.8 Å². The van der Waals surface area contributed by atoms with Crippen molar-refractivity contribution in [2.45, 2.75) is 64.2 Å². The highest BCUT2D eigenvalue weighted by Gasteiger charge is 2.34. The van der Waals surface area contributed by atoms with Crippen molar-refractivity contribution in [3.05, 3.63) is 71.9 Å². The zero-order valence-corrected chi connectivity index (χ0v) is 23.5. The predicted octanol–water partition coefficient (Wildman–Crippen LogP) is 7.01. The van der Waals surface area contributed by atoms with Crippen LogP contribution in [0.25, 0.3) is 22.3 Å². The molecule has 0 saturated heterocycles. The minimum Gasteiger partial charge on any atom is -0.508 e. The monoisotopic (exact) mass is 535 g/mol. The highest BCUT2D eigenvalue weighted by molar-refractivity contribution is 8.00. The van der Waals surface area contributed by atoms with Gasteiger partial charge in [0.2, 0.25) is 0 Å². The molecule has 0 amide bonds. The number of rotatable bonds is 8. The van der Waals surface area contributed by atoms with Crippen LogP contribution in [0, 0.1) is 11.2 Å². The first-order valence-electron chi connectivity index (χ1n) is 12.6. The van der Waals surface area contributed by atoms with E-state index in [2.05, 4.69) is 35.3 Å². The standard InChI is InChI=1S/C30H34FN3O3S/c1-7-37-28(36)30(5,6)15-25-26(38-29(2,3)4)23-14-22(35)12-13-24(23)34(25)18-19-8-10-20(11-9-19)27-32-16-21(31)17-33-27/h8-14,16-17,35H,7,15,18H2,1-6H3. The fourth-order valence-electron chi connectivity index (χ4n) is 4.36. The zero-order chi connectivity index (χ0) is 27.7. The summed E-state index contributed by atoms with van der Waals surface area (Å²) in [6.45, 7) is 13.0. The van der Waals surface area contributed by atoms with Crippen LogP contribution in [0.5, 0.6) is 5.75 Å². The first-order chi connectivity index (χ1) is 17.9. The summed E-state index contributed by atoms with van der Waals surface area (Å²) in [4.78, 5) is 22.1. The van der Waals surface area contributed by atoms with Gasteiger partial charge in [-0.25, -0.2) is 14.4 Å². The lowest BCUT2D eigenvalue weighted by atomic mass is 9.87. The lowest BCUT2D eigenvalue weighted by molar-refractivity contribution is -0.153. The molecule has 2 aromatic heterocycles. The Labute approximate surface area is 227 Å². The van der Waals surface area contributed by atoms with E-state index in [1.54, 1.807) is 23.9 Å². The van der Waals surface area contributed by atoms with Crippen molar-refractivity contribution in [1.82, 2.24) is 14.5 Å². The van der Waals surface area contributed by atoms with E-state index in [0.29, 0.717) is 25.4 Å². The van der Waals surface area contributed by atoms with Gasteiger partial charge in [-0.2, -0.15) is 0 Å². The van der Waals surface area contributed by atoms with Crippen LogP contribution >= 0.6 is 11.8 Å². The summed E-state index contributed by atoms with van der Waals surface area (Å²) in [5.74, 6) is -0.0565. The molecule has 2 aromatic carbocycles. The Balaban J connectivity index is 1.81. The second-order valence-corrected chi connectivity index (χ2v) is 12.8. The summed E-state index contributed by atoms with van der Waals surface area (Å²) in [6, 6.07) is 13.3. The fourth-order valence-corrected chi connectivity index (χ4v) is 5.55. The third kappa shape index (κ3) is 6.18. The summed E-state index contributed by atoms with van der Waals surface area (Å²) in [7, 11) is 0. The van der Waals surface area contributed by atoms with Crippen molar-refractivity contribution in [3.8, 4) is 17.1 Å². The van der Waals surface area contributed by atoms with E-state index < -0.39 is 11.2 Å². The molecule has 2 heterocycles. The summed E-state index contributed by atoms with van der Waals surface area (Å²) in [5, 5.41) is 11.3. The fraction of sp³-hybridized carbons (Fsp3) is 0.367. The van der Waals surface area contributed by atoms with Crippen LogP contribution in [0.1, 0.15) is 52.8 Å². The number of halogens is 1. The number of carbonyl (C=O) groups is 1. The smallest absolute Gasteiger partial charge is 0.311 e. The Morgan fingerprint density at radius 1 is 1.05 bits per heavy atom. The second kappa shape index (κ2) is 10.8. The van der Waals surface area contributed by atoms with Crippen LogP contribution in [0.3, 0.4) is 0 Å². The molecule has 0 atom stereocenters. The number of phenols is 1. The average molecular weight is 536 g/mol. The molecule has 0 aliphatic rings. The number of aromatic nitrogens is 3. The number of aromatic hydroxyl groups is 1. The number of nitrogens with zero attached hydrogens (tertiary/aromatic N) is 3. The number of carbonyl (C=O) groups excluding carboxylic acids is 1. The van der Waals surface area contributed by atoms with Crippen LogP contribution < -0.4 is 0 Å². The average Bonchev–Trinajstić information content (AvgIpc) is 3.10. The molecule has 0 spiro atoms. The molecular formula is C30H34FN3O3S. The van der Waals surface area contributed by atoms with E-state index >= 15 is 0 Å². The van der Waals surface area contributed by atoms with Gasteiger partial charge in [0.25, 0.3) is 0 Å². The highest BCUT2D eigenvalue weighted by Crippen LogP contribution is 2.44. The molecule has 0 aliphatic heterocycles. The number of esters is 1. The Hall–Kier alpha value is -3.39. The van der Waals surface area contributed by atoms with E-state index in [-0.39, 0.29) is 16.5 Å². The van der Waals surface area contributed by atoms with E-state index in [1.807, 2.05) is 51.1 Å². The molecule has 38 heavy (non-hydrogen) atoms. The minimum atomic E-state index is -0.749. The highest BCUT2D eigenvalue weighted by atomic mass is 32.2. The molecule has 4 rings (SSSR count). The van der Waals surface area contributed by atoms with Gasteiger partial charge in [0.05, 0.1) is 24.4 Å². The Kier molecular flexibility index (Phi) is 7.83. The first kappa shape index (κ1) is 27.6. The largest absolute Gasteiger partial charge is 0.508 e. The minimum absolute atomic E-state index is 0.0931. The Bertz CT molecular complexity index is 1440. The summed E-state index contributed by atoms with van der Waals surface area (Å²) < 4.78 is 20.8. The molecular weight excluding hydrogens is 501 g/mol. The number of thioether (sulfide) groups is 1. The zero-order valence-electron chi connectivity index (χ0n) is 22.7. The van der Waals surface area contributed by atoms with Crippen LogP contribution in [0.2, 0.25) is 0 Å². The number of fused-ring (bicyclic) bond motifs is 1. The van der Waals surface area contributed by atoms with Crippen molar-refractivity contribution < 1.29 is 19.0 Å². The maximum atomic E-state index is 13.2. The maximum Gasteiger partial charge on any atom is 0.311 e. The van der Waals surface area contributed by atoms with Crippen LogP contribution in [-0.4, -0.2) is 37.0 Å². The van der Waals surface area contributed by atoms with Gasteiger partial charge in [-0.1, -0.05) is 45.0 Å². The van der Waals surface area contributed by atoms with E-state index in [9.17, 15) is 14.3 Å². The molecule has 0 fully saturated rings. The molecule has 1 N–H and O–H groups in total. The number of benzene rings is 2. The van der Waals surface area contributed by atoms with Crippen molar-refractivity contribution in [2.24, 2.45) is 5.41 Å². The van der Waals surface area contributed by atoms with Crippen LogP contribution in [-0.2, 0) is 22.5 Å². The van der Waals surface area contributed by atoms with Crippen molar-refractivity contribution in [1.29, 1.82) is 0 Å². The molecule has 0 aliphatic carbocycles. The van der Waals surface area contributed by atoms with Gasteiger partial charge in [-0.3, -0.25) is 4.79 Å². The van der Waals surface area contributed by atoms with Gasteiger partial charge >= 0.3 is 5.97 Å². The van der Waals surface area contributed by atoms with E-state index in [1.165, 1.54) is 0 Å². The number of hydrogen-bond acceptors (Lipinski definition) is 6. The Morgan fingerprint density at radius 2 is 1.71 bits per heavy atom. The topological polar surface area (TPSA) is 77.2 Å². The molecule has 8 heteroatoms. The molecule has 0 unspecified atom stereocenters. The van der Waals surface area contributed by atoms with Gasteiger partial charge in [0.15, 0.2) is 11.6 Å². The number of hydrogen-bond donors (Lipinski definition) is 1. The normalized spacial score (nSPS) is 12.2. The third-order valence-electron chi connectivity index (χ3n) is 6.12. The molecule has 0 bridgehead atoms. The van der Waals surface area contributed by atoms with E-state index in [0.717, 1.165) is 45.0 Å². The quantitative estimate of drug-likeness (QED) is 0.193. The number of ether oxygens (including phenoxy) is 1. The summed E-state index contributed by atoms with van der Waals surface area (Å²) >= 11 is 1.73. The SMILES string of the molecule is CCOC(=O)C(C)(C)Cc1c(SC(C)(C)C)c2cc(O)ccc2n1Cc1ccc(-c2ncc(F)cn2)cc1. The summed E-state index contributed by atoms with van der Waals surface area (Å²) in [5.41, 5.74) is 3.10. The molecule has 0 saturated carbocycles. The van der Waals surface area contributed by atoms with Crippen LogP contribution in [0.4, 0.5) is 4.39 Å². The molecule has 4 aromatic rings. The maximum absolute atomic E-state index is 13.2. The van der Waals surface area contributed by atoms with Gasteiger partial charge in [0, 0.05) is 44.8 Å². The van der Waals surface area contributed by atoms with Gasteiger partial charge < -0.3 is 14.4 Å². The lowest BCUT2D eigenvalue weighted by Crippen LogP contribution is -2.30. The number of phenolic OH excluding ortho intramolecular Hbond substituents is 1. The molecule has 6 nitrogen and oxygen atoms in total. The molecule has 200 valence electrons. The Morgan fingerprint density at radius 3 is 2.32 bits per heavy atom. The third-order valence-corrected chi connectivity index (χ3v) is 7.39. The summed E-state index contributed by atoms with van der Waals surface area (Å²) in [6.07, 6.45) is 2.79. The van der Waals surface area contributed by atoms with Crippen molar-refractivity contribution in [3.63, 3.8) is 0 Å². The second-order valence-electron chi connectivity index (χ2n) is 11.0. The van der Waals surface area contributed by atoms with Crippen LogP contribution in [0.15, 0.2) is 59.8 Å². The molecule has 0 radical (unpaired) electrons. The lowest BCUT2D eigenvalue weighted by Gasteiger charge is -2.26. The first-order valence-corrected chi connectivity index (χ1v) is 13.5. The predicted molar refractivity (Wildman–Crippen MR) is 150 cm³/mol. The van der Waals surface area contributed by atoms with Gasteiger partial charge in [0.1, 0.15) is 5.75 Å². The van der Waals surface area contributed by atoms with E-state index in [4.69, 9.17) is 4.74 Å². The van der Waals surface area contributed by atoms with Gasteiger partial charge in [-0.05, 0) is 44.5 Å². The van der Waals surface area contributed by atoms with Crippen molar-refractivity contribution in [2.75, 3.05) is 6.61 Å².